The first-order chi connectivity index (χ1) is 19.0. The number of fused-ring (bicyclic) bond motifs is 1. The van der Waals surface area contributed by atoms with Crippen LogP contribution < -0.4 is 16.3 Å². The summed E-state index contributed by atoms with van der Waals surface area (Å²) in [5.74, 6) is -1.64. The SMILES string of the molecule is CS(=N)(=O)CC[C@H](N)C(=O)O.Nc1ncnc2c1ncn2C1O/C(=C/OP(=O)(O)OP(=O)(O)NP(=O)(O)O)[C@@H](O)[C@H]1O. The molecule has 2 aromatic rings. The first-order valence-corrected chi connectivity index (χ1v) is 17.6. The molecule has 42 heavy (non-hydrogen) atoms. The highest BCUT2D eigenvalue weighted by atomic mass is 32.2. The van der Waals surface area contributed by atoms with Crippen LogP contribution >= 0.6 is 23.3 Å². The Labute approximate surface area is 235 Å². The van der Waals surface area contributed by atoms with Crippen LogP contribution in [0.2, 0.25) is 0 Å². The van der Waals surface area contributed by atoms with Gasteiger partial charge in [0.05, 0.1) is 0 Å². The first kappa shape index (κ1) is 35.6. The maximum atomic E-state index is 11.8. The van der Waals surface area contributed by atoms with Gasteiger partial charge in [-0.1, -0.05) is 0 Å². The normalized spacial score (nSPS) is 24.9. The van der Waals surface area contributed by atoms with E-state index >= 15 is 0 Å². The molecule has 0 saturated carbocycles. The molecule has 0 spiro atoms. The number of phosphoric acid groups is 1. The van der Waals surface area contributed by atoms with Gasteiger partial charge in [0.1, 0.15) is 42.7 Å². The van der Waals surface area contributed by atoms with Gasteiger partial charge < -0.3 is 50.7 Å². The average Bonchev–Trinajstić information content (AvgIpc) is 3.35. The molecule has 1 aliphatic rings. The fourth-order valence-corrected chi connectivity index (χ4v) is 6.92. The number of carboxylic acids is 1. The fraction of sp³-hybridized carbons (Fsp3) is 0.467. The second-order valence-corrected chi connectivity index (χ2v) is 15.5. The van der Waals surface area contributed by atoms with Gasteiger partial charge >= 0.3 is 29.3 Å². The molecule has 27 heteroatoms. The molecule has 0 aromatic carbocycles. The van der Waals surface area contributed by atoms with E-state index in [9.17, 15) is 42.7 Å². The van der Waals surface area contributed by atoms with Crippen molar-refractivity contribution in [3.63, 3.8) is 0 Å². The molecule has 0 amide bonds. The van der Waals surface area contributed by atoms with E-state index in [2.05, 4.69) is 23.8 Å². The van der Waals surface area contributed by atoms with Crippen LogP contribution in [-0.2, 0) is 41.8 Å². The number of aromatic nitrogens is 4. The minimum absolute atomic E-state index is 0.0339. The molecular formula is C15H27N8O15P3S. The van der Waals surface area contributed by atoms with Crippen molar-refractivity contribution in [1.29, 1.82) is 4.78 Å². The summed E-state index contributed by atoms with van der Waals surface area (Å²) < 4.78 is 66.2. The van der Waals surface area contributed by atoms with Gasteiger partial charge in [-0.25, -0.2) is 28.6 Å². The highest BCUT2D eigenvalue weighted by Gasteiger charge is 2.44. The predicted octanol–water partition coefficient (Wildman–Crippen LogP) is -2.12. The Balaban J connectivity index is 0.000000476. The van der Waals surface area contributed by atoms with E-state index in [-0.39, 0.29) is 29.2 Å². The largest absolute Gasteiger partial charge is 0.535 e. The zero-order chi connectivity index (χ0) is 32.3. The van der Waals surface area contributed by atoms with Crippen LogP contribution in [0.15, 0.2) is 24.7 Å². The molecule has 3 rings (SSSR count). The molecule has 1 saturated heterocycles. The van der Waals surface area contributed by atoms with Gasteiger partial charge in [-0.3, -0.25) is 23.2 Å². The van der Waals surface area contributed by atoms with Crippen LogP contribution in [0.4, 0.5) is 5.82 Å². The minimum atomic E-state index is -5.48. The van der Waals surface area contributed by atoms with E-state index in [1.807, 2.05) is 0 Å². The van der Waals surface area contributed by atoms with Crippen LogP contribution in [0.3, 0.4) is 0 Å². The van der Waals surface area contributed by atoms with Gasteiger partial charge in [-0.2, -0.15) is 4.31 Å². The van der Waals surface area contributed by atoms with Crippen molar-refractivity contribution in [1.82, 2.24) is 24.4 Å². The maximum absolute atomic E-state index is 11.8. The zero-order valence-electron chi connectivity index (χ0n) is 21.0. The number of carbonyl (C=O) groups is 1. The number of hydrogen-bond acceptors (Lipinski definition) is 16. The molecule has 1 aliphatic heterocycles. The van der Waals surface area contributed by atoms with E-state index in [4.69, 9.17) is 35.9 Å². The summed E-state index contributed by atoms with van der Waals surface area (Å²) in [7, 11) is -18.8. The average molecular weight is 684 g/mol. The van der Waals surface area contributed by atoms with Gasteiger partial charge in [0.15, 0.2) is 17.2 Å². The molecule has 7 atom stereocenters. The number of imidazole rings is 1. The topological polar surface area (TPSA) is 386 Å². The zero-order valence-corrected chi connectivity index (χ0v) is 24.5. The van der Waals surface area contributed by atoms with E-state index in [1.165, 1.54) is 17.2 Å². The lowest BCUT2D eigenvalue weighted by Gasteiger charge is -2.17. The summed E-state index contributed by atoms with van der Waals surface area (Å²) >= 11 is 0. The lowest BCUT2D eigenvalue weighted by Crippen LogP contribution is -2.31. The van der Waals surface area contributed by atoms with Crippen LogP contribution in [0, 0.1) is 4.78 Å². The van der Waals surface area contributed by atoms with Gasteiger partial charge in [0, 0.05) is 21.7 Å². The molecule has 23 nitrogen and oxygen atoms in total. The van der Waals surface area contributed by atoms with E-state index < -0.39 is 69.3 Å². The van der Waals surface area contributed by atoms with Crippen molar-refractivity contribution < 1.29 is 71.2 Å². The Bertz CT molecular complexity index is 1580. The van der Waals surface area contributed by atoms with Crippen LogP contribution in [-0.4, -0.2) is 94.8 Å². The molecule has 0 aliphatic carbocycles. The number of aliphatic hydroxyl groups excluding tert-OH is 2. The smallest absolute Gasteiger partial charge is 0.480 e. The number of nitrogens with one attached hydrogen (secondary N) is 2. The molecule has 2 aromatic heterocycles. The van der Waals surface area contributed by atoms with Crippen molar-refractivity contribution in [3.05, 3.63) is 24.7 Å². The Morgan fingerprint density at radius 3 is 2.43 bits per heavy atom. The third-order valence-electron chi connectivity index (χ3n) is 4.73. The van der Waals surface area contributed by atoms with E-state index in [1.54, 1.807) is 0 Å². The van der Waals surface area contributed by atoms with Gasteiger partial charge in [0.2, 0.25) is 6.23 Å². The number of rotatable bonds is 11. The number of aliphatic hydroxyl groups is 2. The Morgan fingerprint density at radius 1 is 1.26 bits per heavy atom. The molecule has 3 heterocycles. The summed E-state index contributed by atoms with van der Waals surface area (Å²) in [5, 5.41) is 28.6. The Hall–Kier alpha value is -2.56. The summed E-state index contributed by atoms with van der Waals surface area (Å²) in [6, 6.07) is -0.999. The Morgan fingerprint density at radius 2 is 1.88 bits per heavy atom. The molecule has 238 valence electrons. The third kappa shape index (κ3) is 10.6. The number of nitrogens with two attached hydrogens (primary N) is 2. The van der Waals surface area contributed by atoms with Gasteiger partial charge in [-0.05, 0) is 6.42 Å². The Kier molecular flexibility index (Phi) is 11.4. The quantitative estimate of drug-likeness (QED) is 0.0890. The van der Waals surface area contributed by atoms with Gasteiger partial charge in [-0.15, -0.1) is 4.86 Å². The number of aliphatic carboxylic acids is 1. The molecule has 4 unspecified atom stereocenters. The number of hydrogen-bond donors (Lipinski definition) is 11. The summed E-state index contributed by atoms with van der Waals surface area (Å²) in [4.78, 5) is 58.4. The molecule has 13 N–H and O–H groups in total. The molecule has 0 radical (unpaired) electrons. The summed E-state index contributed by atoms with van der Waals surface area (Å²) in [6.07, 6.45) is -0.826. The van der Waals surface area contributed by atoms with Gasteiger partial charge in [0.25, 0.3) is 0 Å². The highest BCUT2D eigenvalue weighted by molar-refractivity contribution is 7.91. The summed E-state index contributed by atoms with van der Waals surface area (Å²) in [5.41, 5.74) is 11.1. The number of phosphoric ester groups is 1. The molecular weight excluding hydrogens is 657 g/mol. The number of nitrogen functional groups attached to an aromatic ring is 1. The standard InChI is InChI=1S/C10H15N6O12P3.C5H12N2O3S/c11-8-5-9(13-2-12-8)16(3-14-5)10-7(18)6(17)4(27-10)1-26-31(24,25)28-30(22,23)15-29(19,20)21;1-11(7,10)3-2-4(6)5(8)9/h1-3,6-7,10,17-18H,(H,24,25)(H2,11,12,13)(H4,15,19,20,21,22,23);4,7H,2-3,6H2,1H3,(H,8,9)/b4-1+;/t6-,7-,10?;4-,11?/m10/s1. The third-order valence-corrected chi connectivity index (χ3v) is 9.88. The lowest BCUT2D eigenvalue weighted by molar-refractivity contribution is -0.138. The second-order valence-electron chi connectivity index (χ2n) is 8.31. The number of nitrogens with zero attached hydrogens (tertiary/aromatic N) is 4. The summed E-state index contributed by atoms with van der Waals surface area (Å²) in [6.45, 7) is 0. The molecule has 0 bridgehead atoms. The second kappa shape index (κ2) is 13.4. The van der Waals surface area contributed by atoms with Crippen molar-refractivity contribution in [2.75, 3.05) is 17.7 Å². The maximum Gasteiger partial charge on any atom is 0.535 e. The number of anilines is 1. The number of ether oxygens (including phenoxy) is 1. The first-order valence-electron chi connectivity index (χ1n) is 10.8. The van der Waals surface area contributed by atoms with Crippen molar-refractivity contribution in [2.45, 2.75) is 30.9 Å². The monoisotopic (exact) mass is 684 g/mol. The van der Waals surface area contributed by atoms with Crippen molar-refractivity contribution in [3.8, 4) is 0 Å². The predicted molar refractivity (Wildman–Crippen MR) is 139 cm³/mol. The lowest BCUT2D eigenvalue weighted by atomic mass is 10.2. The van der Waals surface area contributed by atoms with Crippen LogP contribution in [0.1, 0.15) is 12.6 Å². The van der Waals surface area contributed by atoms with Crippen molar-refractivity contribution in [2.24, 2.45) is 5.73 Å². The number of carboxylic acid groups (broad SMARTS) is 1. The van der Waals surface area contributed by atoms with Crippen LogP contribution in [0.25, 0.3) is 11.2 Å². The highest BCUT2D eigenvalue weighted by Crippen LogP contribution is 2.61. The minimum Gasteiger partial charge on any atom is -0.480 e. The molecule has 1 fully saturated rings. The van der Waals surface area contributed by atoms with E-state index in [0.717, 1.165) is 11.2 Å². The van der Waals surface area contributed by atoms with Crippen LogP contribution in [0.5, 0.6) is 0 Å². The van der Waals surface area contributed by atoms with E-state index in [0.29, 0.717) is 6.26 Å². The fourth-order valence-electron chi connectivity index (χ4n) is 2.91. The van der Waals surface area contributed by atoms with Crippen molar-refractivity contribution >= 4 is 56.0 Å².